The molecule has 2 aromatic rings. The molecule has 0 saturated carbocycles. The van der Waals surface area contributed by atoms with E-state index in [0.29, 0.717) is 17.4 Å². The molecule has 112 valence electrons. The lowest BCUT2D eigenvalue weighted by molar-refractivity contribution is 0.125. The van der Waals surface area contributed by atoms with Gasteiger partial charge in [-0.1, -0.05) is 22.0 Å². The number of nitrogens with zero attached hydrogens (tertiary/aromatic N) is 1. The third kappa shape index (κ3) is 4.11. The first-order valence-electron chi connectivity index (χ1n) is 6.74. The van der Waals surface area contributed by atoms with Crippen LogP contribution in [0.15, 0.2) is 34.8 Å². The molecule has 2 rings (SSSR count). The van der Waals surface area contributed by atoms with Crippen LogP contribution in [0.3, 0.4) is 0 Å². The Labute approximate surface area is 133 Å². The molecule has 0 unspecified atom stereocenters. The second-order valence-corrected chi connectivity index (χ2v) is 6.70. The van der Waals surface area contributed by atoms with Gasteiger partial charge >= 0.3 is 0 Å². The zero-order valence-corrected chi connectivity index (χ0v) is 14.3. The summed E-state index contributed by atoms with van der Waals surface area (Å²) in [6.45, 7) is 7.93. The maximum absolute atomic E-state index is 5.92. The van der Waals surface area contributed by atoms with Gasteiger partial charge in [-0.25, -0.2) is 0 Å². The van der Waals surface area contributed by atoms with Gasteiger partial charge < -0.3 is 15.8 Å². The molecule has 0 atom stereocenters. The molecule has 0 aliphatic carbocycles. The van der Waals surface area contributed by atoms with Crippen molar-refractivity contribution in [1.82, 2.24) is 4.98 Å². The fourth-order valence-electron chi connectivity index (χ4n) is 1.77. The number of pyridine rings is 1. The minimum atomic E-state index is -0.342. The number of ether oxygens (including phenoxy) is 1. The van der Waals surface area contributed by atoms with Crippen LogP contribution in [-0.4, -0.2) is 10.6 Å². The number of anilines is 3. The molecule has 0 bridgehead atoms. The number of hydrogen-bond acceptors (Lipinski definition) is 4. The van der Waals surface area contributed by atoms with Crippen molar-refractivity contribution in [1.29, 1.82) is 0 Å². The van der Waals surface area contributed by atoms with E-state index < -0.39 is 0 Å². The molecule has 21 heavy (non-hydrogen) atoms. The van der Waals surface area contributed by atoms with Gasteiger partial charge in [0.15, 0.2) is 0 Å². The summed E-state index contributed by atoms with van der Waals surface area (Å²) in [6, 6.07) is 9.62. The van der Waals surface area contributed by atoms with Gasteiger partial charge in [0.1, 0.15) is 11.4 Å². The molecule has 0 spiro atoms. The van der Waals surface area contributed by atoms with E-state index in [1.165, 1.54) is 0 Å². The molecule has 0 saturated heterocycles. The Bertz CT molecular complexity index is 650. The van der Waals surface area contributed by atoms with E-state index in [2.05, 4.69) is 26.2 Å². The van der Waals surface area contributed by atoms with Gasteiger partial charge in [-0.3, -0.25) is 0 Å². The molecule has 1 heterocycles. The molecular weight excluding hydrogens is 330 g/mol. The molecule has 0 aliphatic rings. The molecule has 0 aliphatic heterocycles. The van der Waals surface area contributed by atoms with Crippen LogP contribution in [0.25, 0.3) is 0 Å². The van der Waals surface area contributed by atoms with Crippen molar-refractivity contribution in [2.75, 3.05) is 11.1 Å². The van der Waals surface area contributed by atoms with Gasteiger partial charge in [0, 0.05) is 10.2 Å². The summed E-state index contributed by atoms with van der Waals surface area (Å²) in [7, 11) is 0. The number of halogens is 1. The lowest BCUT2D eigenvalue weighted by Gasteiger charge is -2.22. The average molecular weight is 350 g/mol. The van der Waals surface area contributed by atoms with Crippen LogP contribution in [0.1, 0.15) is 26.3 Å². The highest BCUT2D eigenvalue weighted by Crippen LogP contribution is 2.29. The Hall–Kier alpha value is -1.75. The third-order valence-electron chi connectivity index (χ3n) is 2.82. The highest BCUT2D eigenvalue weighted by atomic mass is 79.9. The minimum Gasteiger partial charge on any atom is -0.470 e. The fourth-order valence-corrected chi connectivity index (χ4v) is 2.14. The van der Waals surface area contributed by atoms with Crippen molar-refractivity contribution in [2.24, 2.45) is 0 Å². The van der Waals surface area contributed by atoms with E-state index >= 15 is 0 Å². The number of rotatable bonds is 3. The Balaban J connectivity index is 2.29. The molecule has 3 N–H and O–H groups in total. The quantitative estimate of drug-likeness (QED) is 0.846. The molecule has 0 amide bonds. The lowest BCUT2D eigenvalue weighted by atomic mass is 10.2. The summed E-state index contributed by atoms with van der Waals surface area (Å²) in [4.78, 5) is 4.45. The first kappa shape index (κ1) is 15.6. The number of hydrogen-bond donors (Lipinski definition) is 2. The van der Waals surface area contributed by atoms with Gasteiger partial charge in [-0.2, -0.15) is 4.98 Å². The molecule has 5 heteroatoms. The van der Waals surface area contributed by atoms with E-state index in [1.807, 2.05) is 52.0 Å². The van der Waals surface area contributed by atoms with Crippen LogP contribution in [0, 0.1) is 6.92 Å². The topological polar surface area (TPSA) is 60.2 Å². The normalized spacial score (nSPS) is 11.3. The van der Waals surface area contributed by atoms with Crippen molar-refractivity contribution in [3.8, 4) is 5.88 Å². The second kappa shape index (κ2) is 5.93. The first-order valence-corrected chi connectivity index (χ1v) is 7.53. The minimum absolute atomic E-state index is 0.342. The molecule has 1 aromatic heterocycles. The second-order valence-electron chi connectivity index (χ2n) is 5.84. The Morgan fingerprint density at radius 2 is 1.90 bits per heavy atom. The smallest absolute Gasteiger partial charge is 0.239 e. The van der Waals surface area contributed by atoms with Gasteiger partial charge in [-0.15, -0.1) is 0 Å². The molecule has 0 radical (unpaired) electrons. The number of nitrogen functional groups attached to an aromatic ring is 1. The zero-order valence-electron chi connectivity index (χ0n) is 12.7. The maximum Gasteiger partial charge on any atom is 0.239 e. The van der Waals surface area contributed by atoms with Crippen molar-refractivity contribution in [3.63, 3.8) is 0 Å². The number of benzene rings is 1. The maximum atomic E-state index is 5.92. The average Bonchev–Trinajstić information content (AvgIpc) is 2.37. The third-order valence-corrected chi connectivity index (χ3v) is 3.68. The highest BCUT2D eigenvalue weighted by molar-refractivity contribution is 9.10. The highest BCUT2D eigenvalue weighted by Gasteiger charge is 2.15. The van der Waals surface area contributed by atoms with Crippen LogP contribution in [0.5, 0.6) is 5.88 Å². The largest absolute Gasteiger partial charge is 0.470 e. The van der Waals surface area contributed by atoms with Gasteiger partial charge in [-0.05, 0) is 57.5 Å². The standard InChI is InChI=1S/C16H20BrN3O/c1-10-11(17)6-5-7-13(10)19-14-9-8-12(18)15(20-14)21-16(2,3)4/h5-9H,18H2,1-4H3,(H,19,20). The predicted octanol–water partition coefficient (Wildman–Crippen LogP) is 4.66. The van der Waals surface area contributed by atoms with Crippen LogP contribution < -0.4 is 15.8 Å². The molecule has 0 fully saturated rings. The summed E-state index contributed by atoms with van der Waals surface area (Å²) in [6.07, 6.45) is 0. The van der Waals surface area contributed by atoms with E-state index in [9.17, 15) is 0 Å². The summed E-state index contributed by atoms with van der Waals surface area (Å²) in [5.41, 5.74) is 8.22. The monoisotopic (exact) mass is 349 g/mol. The Kier molecular flexibility index (Phi) is 4.42. The van der Waals surface area contributed by atoms with Gasteiger partial charge in [0.05, 0.1) is 5.69 Å². The summed E-state index contributed by atoms with van der Waals surface area (Å²) in [5.74, 6) is 1.14. The SMILES string of the molecule is Cc1c(Br)cccc1Nc1ccc(N)c(OC(C)(C)C)n1. The van der Waals surface area contributed by atoms with Crippen molar-refractivity contribution in [3.05, 3.63) is 40.4 Å². The molecule has 4 nitrogen and oxygen atoms in total. The van der Waals surface area contributed by atoms with Crippen molar-refractivity contribution >= 4 is 33.1 Å². The zero-order chi connectivity index (χ0) is 15.6. The van der Waals surface area contributed by atoms with Crippen LogP contribution in [-0.2, 0) is 0 Å². The Morgan fingerprint density at radius 3 is 2.57 bits per heavy atom. The number of nitrogens with two attached hydrogens (primary N) is 1. The lowest BCUT2D eigenvalue weighted by Crippen LogP contribution is -2.24. The summed E-state index contributed by atoms with van der Waals surface area (Å²) >= 11 is 3.52. The van der Waals surface area contributed by atoms with E-state index in [0.717, 1.165) is 15.7 Å². The van der Waals surface area contributed by atoms with Crippen LogP contribution >= 0.6 is 15.9 Å². The van der Waals surface area contributed by atoms with E-state index in [4.69, 9.17) is 10.5 Å². The Morgan fingerprint density at radius 1 is 1.19 bits per heavy atom. The van der Waals surface area contributed by atoms with Crippen LogP contribution in [0.4, 0.5) is 17.2 Å². The van der Waals surface area contributed by atoms with Crippen molar-refractivity contribution < 1.29 is 4.74 Å². The number of aromatic nitrogens is 1. The first-order chi connectivity index (χ1) is 9.76. The number of nitrogens with one attached hydrogen (secondary N) is 1. The molecular formula is C16H20BrN3O. The van der Waals surface area contributed by atoms with E-state index in [1.54, 1.807) is 6.07 Å². The summed E-state index contributed by atoms with van der Waals surface area (Å²) < 4.78 is 6.83. The van der Waals surface area contributed by atoms with Gasteiger partial charge in [0.2, 0.25) is 5.88 Å². The van der Waals surface area contributed by atoms with Crippen LogP contribution in [0.2, 0.25) is 0 Å². The van der Waals surface area contributed by atoms with Gasteiger partial charge in [0.25, 0.3) is 0 Å². The van der Waals surface area contributed by atoms with E-state index in [-0.39, 0.29) is 5.60 Å². The molecule has 1 aromatic carbocycles. The fraction of sp³-hybridized carbons (Fsp3) is 0.312. The predicted molar refractivity (Wildman–Crippen MR) is 91.2 cm³/mol. The van der Waals surface area contributed by atoms with Crippen molar-refractivity contribution in [2.45, 2.75) is 33.3 Å². The summed E-state index contributed by atoms with van der Waals surface area (Å²) in [5, 5.41) is 3.29.